The number of rotatable bonds is 3. The SMILES string of the molecule is Cc1csc([C@H]2CCCN(C(=O)c3cnc(C(C)C)[nH]3)C2)n1. The molecule has 1 fully saturated rings. The number of thiazole rings is 1. The van der Waals surface area contributed by atoms with Crippen LogP contribution in [0.2, 0.25) is 0 Å². The summed E-state index contributed by atoms with van der Waals surface area (Å²) in [6.45, 7) is 7.71. The Balaban J connectivity index is 1.72. The van der Waals surface area contributed by atoms with Crippen molar-refractivity contribution in [3.63, 3.8) is 0 Å². The number of nitrogens with one attached hydrogen (secondary N) is 1. The highest BCUT2D eigenvalue weighted by Gasteiger charge is 2.28. The molecule has 3 rings (SSSR count). The van der Waals surface area contributed by atoms with Gasteiger partial charge >= 0.3 is 0 Å². The highest BCUT2D eigenvalue weighted by molar-refractivity contribution is 7.09. The Morgan fingerprint density at radius 1 is 1.50 bits per heavy atom. The van der Waals surface area contributed by atoms with Crippen LogP contribution in [0.1, 0.15) is 65.5 Å². The van der Waals surface area contributed by atoms with E-state index in [2.05, 4.69) is 34.2 Å². The Hall–Kier alpha value is -1.69. The Labute approximate surface area is 134 Å². The third kappa shape index (κ3) is 3.06. The molecule has 0 aliphatic carbocycles. The van der Waals surface area contributed by atoms with Gasteiger partial charge in [-0.2, -0.15) is 0 Å². The minimum Gasteiger partial charge on any atom is -0.338 e. The summed E-state index contributed by atoms with van der Waals surface area (Å²) in [5.74, 6) is 1.59. The van der Waals surface area contributed by atoms with E-state index in [1.54, 1.807) is 17.5 Å². The van der Waals surface area contributed by atoms with E-state index in [0.717, 1.165) is 42.5 Å². The van der Waals surface area contributed by atoms with Crippen LogP contribution < -0.4 is 0 Å². The molecule has 0 bridgehead atoms. The van der Waals surface area contributed by atoms with Crippen molar-refractivity contribution < 1.29 is 4.79 Å². The Bertz CT molecular complexity index is 661. The molecule has 1 atom stereocenters. The van der Waals surface area contributed by atoms with Crippen LogP contribution in [0.5, 0.6) is 0 Å². The van der Waals surface area contributed by atoms with Gasteiger partial charge in [-0.1, -0.05) is 13.8 Å². The summed E-state index contributed by atoms with van der Waals surface area (Å²) in [6.07, 6.45) is 3.80. The van der Waals surface area contributed by atoms with E-state index in [-0.39, 0.29) is 5.91 Å². The highest BCUT2D eigenvalue weighted by atomic mass is 32.1. The van der Waals surface area contributed by atoms with Gasteiger partial charge in [-0.05, 0) is 19.8 Å². The minimum atomic E-state index is 0.0531. The summed E-state index contributed by atoms with van der Waals surface area (Å²) in [5, 5.41) is 3.24. The molecule has 22 heavy (non-hydrogen) atoms. The molecule has 5 nitrogen and oxygen atoms in total. The quantitative estimate of drug-likeness (QED) is 0.944. The predicted octanol–water partition coefficient (Wildman–Crippen LogP) is 3.32. The van der Waals surface area contributed by atoms with E-state index in [1.165, 1.54) is 0 Å². The normalized spacial score (nSPS) is 18.9. The van der Waals surface area contributed by atoms with Crippen molar-refractivity contribution in [1.29, 1.82) is 0 Å². The lowest BCUT2D eigenvalue weighted by molar-refractivity contribution is 0.0701. The second kappa shape index (κ2) is 6.20. The number of H-pyrrole nitrogens is 1. The van der Waals surface area contributed by atoms with Crippen LogP contribution in [-0.4, -0.2) is 38.8 Å². The summed E-state index contributed by atoms with van der Waals surface area (Å²) in [6, 6.07) is 0. The molecule has 118 valence electrons. The fourth-order valence-electron chi connectivity index (χ4n) is 2.83. The van der Waals surface area contributed by atoms with E-state index in [0.29, 0.717) is 17.5 Å². The van der Waals surface area contributed by atoms with Crippen LogP contribution in [0.4, 0.5) is 0 Å². The maximum Gasteiger partial charge on any atom is 0.271 e. The fraction of sp³-hybridized carbons (Fsp3) is 0.562. The number of nitrogens with zero attached hydrogens (tertiary/aromatic N) is 3. The highest BCUT2D eigenvalue weighted by Crippen LogP contribution is 2.29. The summed E-state index contributed by atoms with van der Waals surface area (Å²) in [5.41, 5.74) is 1.67. The van der Waals surface area contributed by atoms with Crippen LogP contribution in [0.25, 0.3) is 0 Å². The van der Waals surface area contributed by atoms with Crippen LogP contribution in [0.15, 0.2) is 11.6 Å². The zero-order chi connectivity index (χ0) is 15.7. The molecule has 3 heterocycles. The summed E-state index contributed by atoms with van der Waals surface area (Å²) in [7, 11) is 0. The number of piperidine rings is 1. The molecule has 0 spiro atoms. The van der Waals surface area contributed by atoms with Crippen LogP contribution in [-0.2, 0) is 0 Å². The number of hydrogen-bond donors (Lipinski definition) is 1. The molecule has 0 aromatic carbocycles. The monoisotopic (exact) mass is 318 g/mol. The van der Waals surface area contributed by atoms with Gasteiger partial charge in [-0.3, -0.25) is 4.79 Å². The lowest BCUT2D eigenvalue weighted by atomic mass is 9.98. The third-order valence-electron chi connectivity index (χ3n) is 4.07. The molecule has 0 unspecified atom stereocenters. The van der Waals surface area contributed by atoms with Crippen LogP contribution in [0, 0.1) is 6.92 Å². The molecule has 2 aromatic heterocycles. The Morgan fingerprint density at radius 3 is 2.95 bits per heavy atom. The number of aryl methyl sites for hydroxylation is 1. The summed E-state index contributed by atoms with van der Waals surface area (Å²) < 4.78 is 0. The number of carbonyl (C=O) groups is 1. The molecule has 6 heteroatoms. The summed E-state index contributed by atoms with van der Waals surface area (Å²) >= 11 is 1.70. The van der Waals surface area contributed by atoms with Gasteiger partial charge < -0.3 is 9.88 Å². The number of hydrogen-bond acceptors (Lipinski definition) is 4. The van der Waals surface area contributed by atoms with Gasteiger partial charge in [-0.15, -0.1) is 11.3 Å². The lowest BCUT2D eigenvalue weighted by Crippen LogP contribution is -2.39. The zero-order valence-electron chi connectivity index (χ0n) is 13.3. The van der Waals surface area contributed by atoms with Crippen molar-refractivity contribution in [1.82, 2.24) is 19.9 Å². The topological polar surface area (TPSA) is 61.9 Å². The zero-order valence-corrected chi connectivity index (χ0v) is 14.1. The second-order valence-electron chi connectivity index (χ2n) is 6.25. The maximum absolute atomic E-state index is 12.7. The van der Waals surface area contributed by atoms with E-state index in [9.17, 15) is 4.79 Å². The number of aromatic amines is 1. The number of amides is 1. The number of aromatic nitrogens is 3. The smallest absolute Gasteiger partial charge is 0.271 e. The van der Waals surface area contributed by atoms with E-state index < -0.39 is 0 Å². The first-order valence-electron chi connectivity index (χ1n) is 7.80. The molecule has 0 saturated carbocycles. The lowest BCUT2D eigenvalue weighted by Gasteiger charge is -2.31. The van der Waals surface area contributed by atoms with Crippen molar-refractivity contribution in [2.75, 3.05) is 13.1 Å². The van der Waals surface area contributed by atoms with Gasteiger partial charge in [-0.25, -0.2) is 9.97 Å². The molecule has 1 amide bonds. The van der Waals surface area contributed by atoms with Crippen molar-refractivity contribution >= 4 is 17.2 Å². The fourth-order valence-corrected chi connectivity index (χ4v) is 3.76. The number of likely N-dealkylation sites (tertiary alicyclic amines) is 1. The third-order valence-corrected chi connectivity index (χ3v) is 5.19. The molecule has 1 aliphatic heterocycles. The molecule has 0 radical (unpaired) electrons. The minimum absolute atomic E-state index is 0.0531. The summed E-state index contributed by atoms with van der Waals surface area (Å²) in [4.78, 5) is 26.6. The molecule has 1 N–H and O–H groups in total. The number of imidazole rings is 1. The van der Waals surface area contributed by atoms with Crippen molar-refractivity contribution in [3.8, 4) is 0 Å². The van der Waals surface area contributed by atoms with Gasteiger partial charge in [0.25, 0.3) is 5.91 Å². The maximum atomic E-state index is 12.7. The molecular weight excluding hydrogens is 296 g/mol. The van der Waals surface area contributed by atoms with Crippen LogP contribution >= 0.6 is 11.3 Å². The van der Waals surface area contributed by atoms with E-state index >= 15 is 0 Å². The standard InChI is InChI=1S/C16H22N4OS/c1-10(2)14-17-7-13(19-14)16(21)20-6-4-5-12(8-20)15-18-11(3)9-22-15/h7,9-10,12H,4-6,8H2,1-3H3,(H,17,19)/t12-/m0/s1. The van der Waals surface area contributed by atoms with E-state index in [1.807, 2.05) is 11.8 Å². The van der Waals surface area contributed by atoms with Gasteiger partial charge in [0, 0.05) is 36.0 Å². The Kier molecular flexibility index (Phi) is 4.29. The molecule has 1 saturated heterocycles. The first kappa shape index (κ1) is 15.2. The van der Waals surface area contributed by atoms with Gasteiger partial charge in [0.2, 0.25) is 0 Å². The molecule has 2 aromatic rings. The van der Waals surface area contributed by atoms with E-state index in [4.69, 9.17) is 0 Å². The largest absolute Gasteiger partial charge is 0.338 e. The second-order valence-corrected chi connectivity index (χ2v) is 7.14. The Morgan fingerprint density at radius 2 is 2.32 bits per heavy atom. The van der Waals surface area contributed by atoms with Gasteiger partial charge in [0.15, 0.2) is 0 Å². The molecular formula is C16H22N4OS. The number of carbonyl (C=O) groups excluding carboxylic acids is 1. The first-order valence-corrected chi connectivity index (χ1v) is 8.68. The average Bonchev–Trinajstić information content (AvgIpc) is 3.15. The molecule has 1 aliphatic rings. The predicted molar refractivity (Wildman–Crippen MR) is 87.4 cm³/mol. The average molecular weight is 318 g/mol. The first-order chi connectivity index (χ1) is 10.5. The van der Waals surface area contributed by atoms with Crippen molar-refractivity contribution in [3.05, 3.63) is 33.8 Å². The van der Waals surface area contributed by atoms with Crippen molar-refractivity contribution in [2.45, 2.75) is 45.4 Å². The van der Waals surface area contributed by atoms with Gasteiger partial charge in [0.1, 0.15) is 11.5 Å². The van der Waals surface area contributed by atoms with Crippen LogP contribution in [0.3, 0.4) is 0 Å². The van der Waals surface area contributed by atoms with Crippen molar-refractivity contribution in [2.24, 2.45) is 0 Å². The van der Waals surface area contributed by atoms with Gasteiger partial charge in [0.05, 0.1) is 11.2 Å².